The fraction of sp³-hybridized carbons (Fsp3) is 0.409. The first kappa shape index (κ1) is 18.1. The van der Waals surface area contributed by atoms with Gasteiger partial charge in [-0.05, 0) is 48.1 Å². The first-order chi connectivity index (χ1) is 12.9. The summed E-state index contributed by atoms with van der Waals surface area (Å²) in [6, 6.07) is 12.9. The number of amides is 1. The van der Waals surface area contributed by atoms with E-state index in [-0.39, 0.29) is 17.9 Å². The lowest BCUT2D eigenvalue weighted by molar-refractivity contribution is -0.138. The molecule has 0 radical (unpaired) electrons. The highest BCUT2D eigenvalue weighted by atomic mass is 19.4. The summed E-state index contributed by atoms with van der Waals surface area (Å²) in [6.45, 7) is 0.609. The van der Waals surface area contributed by atoms with E-state index in [1.54, 1.807) is 0 Å². The maximum Gasteiger partial charge on any atom is 0.416 e. The van der Waals surface area contributed by atoms with E-state index in [9.17, 15) is 18.0 Å². The molecule has 27 heavy (non-hydrogen) atoms. The fourth-order valence-corrected chi connectivity index (χ4v) is 4.43. The van der Waals surface area contributed by atoms with E-state index in [2.05, 4.69) is 0 Å². The van der Waals surface area contributed by atoms with Crippen molar-refractivity contribution in [2.75, 3.05) is 6.54 Å². The number of carbonyl (C=O) groups is 1. The van der Waals surface area contributed by atoms with Crippen molar-refractivity contribution in [2.45, 2.75) is 44.3 Å². The minimum atomic E-state index is -4.36. The normalized spacial score (nSPS) is 20.6. The van der Waals surface area contributed by atoms with Crippen LogP contribution in [0, 0.1) is 5.92 Å². The lowest BCUT2D eigenvalue weighted by atomic mass is 9.87. The van der Waals surface area contributed by atoms with Crippen molar-refractivity contribution in [1.82, 2.24) is 4.90 Å². The molecular weight excluding hydrogens is 351 g/mol. The molecule has 2 aliphatic rings. The smallest absolute Gasteiger partial charge is 0.331 e. The summed E-state index contributed by atoms with van der Waals surface area (Å²) in [5.41, 5.74) is 2.26. The van der Waals surface area contributed by atoms with E-state index < -0.39 is 11.7 Å². The summed E-state index contributed by atoms with van der Waals surface area (Å²) in [6.07, 6.45) is 0.402. The van der Waals surface area contributed by atoms with E-state index in [4.69, 9.17) is 0 Å². The van der Waals surface area contributed by atoms with Crippen molar-refractivity contribution in [2.24, 2.45) is 5.92 Å². The maximum absolute atomic E-state index is 13.2. The van der Waals surface area contributed by atoms with Gasteiger partial charge in [0.15, 0.2) is 0 Å². The molecule has 0 spiro atoms. The molecule has 0 saturated heterocycles. The fourth-order valence-electron chi connectivity index (χ4n) is 4.43. The number of hydrogen-bond donors (Lipinski definition) is 0. The monoisotopic (exact) mass is 373 g/mol. The van der Waals surface area contributed by atoms with Gasteiger partial charge in [-0.15, -0.1) is 0 Å². The Balaban J connectivity index is 1.73. The van der Waals surface area contributed by atoms with Gasteiger partial charge in [-0.2, -0.15) is 13.2 Å². The summed E-state index contributed by atoms with van der Waals surface area (Å²) in [5, 5.41) is 0. The second kappa shape index (κ2) is 7.02. The summed E-state index contributed by atoms with van der Waals surface area (Å²) in [4.78, 5) is 15.1. The molecule has 0 bridgehead atoms. The van der Waals surface area contributed by atoms with Crippen molar-refractivity contribution in [1.29, 1.82) is 0 Å². The molecule has 1 saturated carbocycles. The molecule has 1 heterocycles. The Kier molecular flexibility index (Phi) is 4.70. The Labute approximate surface area is 157 Å². The van der Waals surface area contributed by atoms with Crippen molar-refractivity contribution in [3.05, 3.63) is 70.8 Å². The Morgan fingerprint density at radius 3 is 2.30 bits per heavy atom. The van der Waals surface area contributed by atoms with E-state index in [0.29, 0.717) is 6.54 Å². The topological polar surface area (TPSA) is 20.3 Å². The lowest BCUT2D eigenvalue weighted by Gasteiger charge is -2.39. The van der Waals surface area contributed by atoms with Gasteiger partial charge < -0.3 is 4.90 Å². The highest BCUT2D eigenvalue weighted by Crippen LogP contribution is 2.39. The van der Waals surface area contributed by atoms with Crippen LogP contribution in [0.2, 0.25) is 0 Å². The van der Waals surface area contributed by atoms with Crippen molar-refractivity contribution in [3.63, 3.8) is 0 Å². The van der Waals surface area contributed by atoms with Crippen LogP contribution in [0.15, 0.2) is 48.5 Å². The third kappa shape index (κ3) is 3.47. The Morgan fingerprint density at radius 1 is 0.963 bits per heavy atom. The number of carbonyl (C=O) groups excluding carboxylic acids is 1. The van der Waals surface area contributed by atoms with Crippen LogP contribution in [0.3, 0.4) is 0 Å². The molecule has 1 atom stereocenters. The molecule has 2 nitrogen and oxygen atoms in total. The Bertz CT molecular complexity index is 822. The van der Waals surface area contributed by atoms with Gasteiger partial charge in [0.05, 0.1) is 11.6 Å². The van der Waals surface area contributed by atoms with Gasteiger partial charge in [0, 0.05) is 12.5 Å². The largest absolute Gasteiger partial charge is 0.416 e. The minimum absolute atomic E-state index is 0.0483. The molecule has 0 aromatic heterocycles. The van der Waals surface area contributed by atoms with Crippen LogP contribution >= 0.6 is 0 Å². The molecule has 1 unspecified atom stereocenters. The van der Waals surface area contributed by atoms with Crippen LogP contribution in [0.25, 0.3) is 0 Å². The number of benzene rings is 2. The first-order valence-electron chi connectivity index (χ1n) is 9.50. The SMILES string of the molecule is O=C(C1CCCC1)N1CCc2ccccc2C1c1ccc(C(F)(F)F)cc1. The van der Waals surface area contributed by atoms with Gasteiger partial charge in [-0.25, -0.2) is 0 Å². The molecule has 1 amide bonds. The minimum Gasteiger partial charge on any atom is -0.331 e. The van der Waals surface area contributed by atoms with Crippen LogP contribution in [0.5, 0.6) is 0 Å². The number of halogens is 3. The molecule has 1 aliphatic heterocycles. The van der Waals surface area contributed by atoms with Gasteiger partial charge in [-0.3, -0.25) is 4.79 Å². The van der Waals surface area contributed by atoms with Crippen LogP contribution in [0.1, 0.15) is 54.0 Å². The third-order valence-electron chi connectivity index (χ3n) is 5.82. The molecule has 0 N–H and O–H groups in total. The molecule has 2 aromatic carbocycles. The van der Waals surface area contributed by atoms with E-state index in [1.165, 1.54) is 12.1 Å². The second-order valence-corrected chi connectivity index (χ2v) is 7.48. The summed E-state index contributed by atoms with van der Waals surface area (Å²) in [7, 11) is 0. The Hall–Kier alpha value is -2.30. The second-order valence-electron chi connectivity index (χ2n) is 7.48. The number of fused-ring (bicyclic) bond motifs is 1. The highest BCUT2D eigenvalue weighted by molar-refractivity contribution is 5.80. The van der Waals surface area contributed by atoms with Gasteiger partial charge in [0.2, 0.25) is 5.91 Å². The molecule has 5 heteroatoms. The summed E-state index contributed by atoms with van der Waals surface area (Å²) < 4.78 is 38.8. The lowest BCUT2D eigenvalue weighted by Crippen LogP contribution is -2.43. The highest BCUT2D eigenvalue weighted by Gasteiger charge is 2.36. The standard InChI is InChI=1S/C22H22F3NO/c23-22(24,25)18-11-9-16(10-12-18)20-19-8-4-3-5-15(19)13-14-26(20)21(27)17-6-1-2-7-17/h3-5,8-12,17,20H,1-2,6-7,13-14H2. The number of rotatable bonds is 2. The van der Waals surface area contributed by atoms with Crippen LogP contribution in [-0.2, 0) is 17.4 Å². The number of alkyl halides is 3. The average molecular weight is 373 g/mol. The zero-order valence-corrected chi connectivity index (χ0v) is 15.0. The van der Waals surface area contributed by atoms with E-state index >= 15 is 0 Å². The summed E-state index contributed by atoms with van der Waals surface area (Å²) in [5.74, 6) is 0.194. The average Bonchev–Trinajstić information content (AvgIpc) is 3.21. The van der Waals surface area contributed by atoms with Crippen molar-refractivity contribution >= 4 is 5.91 Å². The van der Waals surface area contributed by atoms with Crippen LogP contribution in [0.4, 0.5) is 13.2 Å². The van der Waals surface area contributed by atoms with E-state index in [1.807, 2.05) is 29.2 Å². The number of hydrogen-bond acceptors (Lipinski definition) is 1. The predicted octanol–water partition coefficient (Wildman–Crippen LogP) is 5.37. The van der Waals surface area contributed by atoms with Gasteiger partial charge in [-0.1, -0.05) is 49.2 Å². The summed E-state index contributed by atoms with van der Waals surface area (Å²) >= 11 is 0. The predicted molar refractivity (Wildman–Crippen MR) is 97.1 cm³/mol. The number of nitrogens with zero attached hydrogens (tertiary/aromatic N) is 1. The van der Waals surface area contributed by atoms with Gasteiger partial charge in [0.25, 0.3) is 0 Å². The van der Waals surface area contributed by atoms with Gasteiger partial charge >= 0.3 is 6.18 Å². The van der Waals surface area contributed by atoms with Crippen LogP contribution in [-0.4, -0.2) is 17.4 Å². The van der Waals surface area contributed by atoms with Crippen molar-refractivity contribution in [3.8, 4) is 0 Å². The quantitative estimate of drug-likeness (QED) is 0.693. The Morgan fingerprint density at radius 2 is 1.63 bits per heavy atom. The van der Waals surface area contributed by atoms with E-state index in [0.717, 1.165) is 60.9 Å². The zero-order valence-electron chi connectivity index (χ0n) is 15.0. The molecule has 142 valence electrons. The molecule has 4 rings (SSSR count). The molecular formula is C22H22F3NO. The van der Waals surface area contributed by atoms with Crippen molar-refractivity contribution < 1.29 is 18.0 Å². The third-order valence-corrected chi connectivity index (χ3v) is 5.82. The molecule has 2 aromatic rings. The van der Waals surface area contributed by atoms with Gasteiger partial charge in [0.1, 0.15) is 0 Å². The van der Waals surface area contributed by atoms with Crippen LogP contribution < -0.4 is 0 Å². The molecule has 1 aliphatic carbocycles. The first-order valence-corrected chi connectivity index (χ1v) is 9.50. The zero-order chi connectivity index (χ0) is 19.0. The molecule has 1 fully saturated rings. The maximum atomic E-state index is 13.2.